The van der Waals surface area contributed by atoms with Crippen LogP contribution in [0.25, 0.3) is 5.78 Å². The van der Waals surface area contributed by atoms with Gasteiger partial charge in [-0.25, -0.2) is 9.50 Å². The molecular weight excluding hydrogens is 480 g/mol. The Kier molecular flexibility index (Phi) is 6.60. The van der Waals surface area contributed by atoms with Gasteiger partial charge in [0.15, 0.2) is 23.1 Å². The van der Waals surface area contributed by atoms with Crippen molar-refractivity contribution in [1.82, 2.24) is 19.6 Å². The number of methoxy groups -OCH3 is 3. The van der Waals surface area contributed by atoms with E-state index in [9.17, 15) is 9.59 Å². The Hall–Kier alpha value is -3.92. The number of benzene rings is 2. The third kappa shape index (κ3) is 4.51. The molecule has 5 rings (SSSR count). The van der Waals surface area contributed by atoms with Gasteiger partial charge in [-0.05, 0) is 30.0 Å². The molecule has 0 saturated heterocycles. The van der Waals surface area contributed by atoms with E-state index in [1.807, 2.05) is 30.3 Å². The monoisotopic (exact) mass is 504 g/mol. The lowest BCUT2D eigenvalue weighted by Crippen LogP contribution is -2.21. The van der Waals surface area contributed by atoms with Crippen LogP contribution in [0.1, 0.15) is 44.3 Å². The third-order valence-corrected chi connectivity index (χ3v) is 6.99. The Labute approximate surface area is 211 Å². The van der Waals surface area contributed by atoms with Gasteiger partial charge in [0.1, 0.15) is 0 Å². The Morgan fingerprint density at radius 3 is 2.42 bits per heavy atom. The van der Waals surface area contributed by atoms with Gasteiger partial charge in [0, 0.05) is 18.2 Å². The molecule has 0 amide bonds. The first-order valence-corrected chi connectivity index (χ1v) is 12.3. The van der Waals surface area contributed by atoms with E-state index < -0.39 is 0 Å². The molecule has 0 aliphatic heterocycles. The average molecular weight is 505 g/mol. The van der Waals surface area contributed by atoms with Gasteiger partial charge >= 0.3 is 0 Å². The molecule has 0 spiro atoms. The van der Waals surface area contributed by atoms with Crippen molar-refractivity contribution in [2.75, 3.05) is 27.1 Å². The highest BCUT2D eigenvalue weighted by atomic mass is 32.2. The second-order valence-electron chi connectivity index (χ2n) is 8.31. The predicted molar refractivity (Wildman–Crippen MR) is 134 cm³/mol. The van der Waals surface area contributed by atoms with Crippen molar-refractivity contribution >= 4 is 29.1 Å². The van der Waals surface area contributed by atoms with Crippen molar-refractivity contribution in [2.45, 2.75) is 23.9 Å². The van der Waals surface area contributed by atoms with Crippen molar-refractivity contribution in [3.8, 4) is 17.2 Å². The third-order valence-electron chi connectivity index (χ3n) is 6.15. The van der Waals surface area contributed by atoms with Gasteiger partial charge in [-0.2, -0.15) is 4.98 Å². The summed E-state index contributed by atoms with van der Waals surface area (Å²) in [6.07, 6.45) is 2.56. The molecule has 0 fully saturated rings. The second-order valence-corrected chi connectivity index (χ2v) is 9.25. The SMILES string of the molecule is COc1cc([C@H]2CC(=O)c3cn4nc(SCC(=O)c5ccccc5)nc4nc3C2)cc(OC)c1OC. The fraction of sp³-hybridized carbons (Fsp3) is 0.269. The van der Waals surface area contributed by atoms with Crippen LogP contribution in [0.2, 0.25) is 0 Å². The van der Waals surface area contributed by atoms with E-state index in [1.165, 1.54) is 16.3 Å². The summed E-state index contributed by atoms with van der Waals surface area (Å²) in [5.74, 6) is 2.06. The van der Waals surface area contributed by atoms with E-state index in [4.69, 9.17) is 14.2 Å². The average Bonchev–Trinajstić information content (AvgIpc) is 3.31. The molecule has 2 heterocycles. The smallest absolute Gasteiger partial charge is 0.253 e. The van der Waals surface area contributed by atoms with Gasteiger partial charge in [0.2, 0.25) is 10.9 Å². The molecule has 0 saturated carbocycles. The van der Waals surface area contributed by atoms with Crippen LogP contribution in [0.5, 0.6) is 17.2 Å². The molecule has 0 radical (unpaired) electrons. The summed E-state index contributed by atoms with van der Waals surface area (Å²) in [5, 5.41) is 4.85. The predicted octanol–water partition coefficient (Wildman–Crippen LogP) is 4.04. The molecule has 0 unspecified atom stereocenters. The quantitative estimate of drug-likeness (QED) is 0.260. The lowest BCUT2D eigenvalue weighted by Gasteiger charge is -2.24. The molecule has 2 aromatic heterocycles. The number of Topliss-reactive ketones (excluding diaryl/α,β-unsaturated/α-hetero) is 2. The summed E-state index contributed by atoms with van der Waals surface area (Å²) >= 11 is 1.24. The number of ketones is 2. The summed E-state index contributed by atoms with van der Waals surface area (Å²) in [4.78, 5) is 34.6. The lowest BCUT2D eigenvalue weighted by atomic mass is 9.82. The number of fused-ring (bicyclic) bond motifs is 2. The Bertz CT molecular complexity index is 1430. The van der Waals surface area contributed by atoms with Crippen LogP contribution in [0.3, 0.4) is 0 Å². The molecule has 10 heteroatoms. The molecule has 36 heavy (non-hydrogen) atoms. The van der Waals surface area contributed by atoms with Crippen molar-refractivity contribution in [1.29, 1.82) is 0 Å². The highest BCUT2D eigenvalue weighted by Gasteiger charge is 2.30. The Morgan fingerprint density at radius 1 is 1.03 bits per heavy atom. The zero-order valence-corrected chi connectivity index (χ0v) is 20.9. The van der Waals surface area contributed by atoms with E-state index in [-0.39, 0.29) is 23.2 Å². The number of hydrogen-bond acceptors (Lipinski definition) is 9. The van der Waals surface area contributed by atoms with Crippen LogP contribution >= 0.6 is 11.8 Å². The maximum atomic E-state index is 13.1. The molecule has 4 aromatic rings. The highest BCUT2D eigenvalue weighted by Crippen LogP contribution is 2.42. The van der Waals surface area contributed by atoms with E-state index in [0.29, 0.717) is 57.8 Å². The molecule has 0 bridgehead atoms. The lowest BCUT2D eigenvalue weighted by molar-refractivity contribution is 0.0961. The van der Waals surface area contributed by atoms with Gasteiger partial charge in [-0.1, -0.05) is 42.1 Å². The summed E-state index contributed by atoms with van der Waals surface area (Å²) < 4.78 is 17.9. The van der Waals surface area contributed by atoms with Gasteiger partial charge < -0.3 is 14.2 Å². The fourth-order valence-electron chi connectivity index (χ4n) is 4.34. The van der Waals surface area contributed by atoms with E-state index >= 15 is 0 Å². The number of hydrogen-bond donors (Lipinski definition) is 0. The molecule has 1 aliphatic rings. The first-order valence-electron chi connectivity index (χ1n) is 11.3. The number of rotatable bonds is 8. The zero-order chi connectivity index (χ0) is 25.2. The largest absolute Gasteiger partial charge is 0.493 e. The molecule has 1 atom stereocenters. The minimum Gasteiger partial charge on any atom is -0.493 e. The number of ether oxygens (including phenoxy) is 3. The van der Waals surface area contributed by atoms with Crippen molar-refractivity contribution < 1.29 is 23.8 Å². The van der Waals surface area contributed by atoms with E-state index in [2.05, 4.69) is 15.1 Å². The van der Waals surface area contributed by atoms with Gasteiger partial charge in [0.25, 0.3) is 5.78 Å². The van der Waals surface area contributed by atoms with E-state index in [1.54, 1.807) is 39.7 Å². The molecule has 184 valence electrons. The number of nitrogens with zero attached hydrogens (tertiary/aromatic N) is 4. The first-order chi connectivity index (χ1) is 17.5. The summed E-state index contributed by atoms with van der Waals surface area (Å²) in [7, 11) is 4.68. The summed E-state index contributed by atoms with van der Waals surface area (Å²) in [6, 6.07) is 12.8. The molecule has 0 N–H and O–H groups in total. The topological polar surface area (TPSA) is 105 Å². The van der Waals surface area contributed by atoms with Crippen LogP contribution in [0.4, 0.5) is 0 Å². The minimum atomic E-state index is -0.103. The normalized spacial score (nSPS) is 15.0. The molecule has 9 nitrogen and oxygen atoms in total. The van der Waals surface area contributed by atoms with Crippen LogP contribution in [0, 0.1) is 0 Å². The fourth-order valence-corrected chi connectivity index (χ4v) is 5.05. The van der Waals surface area contributed by atoms with Gasteiger partial charge in [-0.3, -0.25) is 9.59 Å². The van der Waals surface area contributed by atoms with Crippen LogP contribution in [-0.2, 0) is 6.42 Å². The molecule has 2 aromatic carbocycles. The number of carbonyl (C=O) groups is 2. The Balaban J connectivity index is 1.39. The van der Waals surface area contributed by atoms with Gasteiger partial charge in [-0.15, -0.1) is 5.10 Å². The standard InChI is InChI=1S/C26H24N4O5S/c1-33-22-11-17(12-23(34-2)24(22)35-3)16-9-19-18(20(31)10-16)13-30-25(27-19)28-26(29-30)36-14-21(32)15-7-5-4-6-8-15/h4-8,11-13,16H,9-10,14H2,1-3H3/t16-/m1/s1. The summed E-state index contributed by atoms with van der Waals surface area (Å²) in [5.41, 5.74) is 2.75. The summed E-state index contributed by atoms with van der Waals surface area (Å²) in [6.45, 7) is 0. The van der Waals surface area contributed by atoms with Gasteiger partial charge in [0.05, 0.1) is 38.3 Å². The molecule has 1 aliphatic carbocycles. The Morgan fingerprint density at radius 2 is 1.75 bits per heavy atom. The molecular formula is C26H24N4O5S. The first kappa shape index (κ1) is 23.8. The number of aromatic nitrogens is 4. The highest BCUT2D eigenvalue weighted by molar-refractivity contribution is 7.99. The van der Waals surface area contributed by atoms with Crippen molar-refractivity contribution in [3.05, 3.63) is 71.0 Å². The number of thioether (sulfide) groups is 1. The van der Waals surface area contributed by atoms with E-state index in [0.717, 1.165) is 5.56 Å². The second kappa shape index (κ2) is 9.98. The van der Waals surface area contributed by atoms with Crippen molar-refractivity contribution in [2.24, 2.45) is 0 Å². The van der Waals surface area contributed by atoms with Crippen molar-refractivity contribution in [3.63, 3.8) is 0 Å². The number of carbonyl (C=O) groups excluding carboxylic acids is 2. The van der Waals surface area contributed by atoms with Crippen LogP contribution in [-0.4, -0.2) is 58.2 Å². The maximum Gasteiger partial charge on any atom is 0.253 e. The minimum absolute atomic E-state index is 0.00456. The maximum absolute atomic E-state index is 13.1. The zero-order valence-electron chi connectivity index (χ0n) is 20.1. The van der Waals surface area contributed by atoms with Crippen LogP contribution < -0.4 is 14.2 Å². The van der Waals surface area contributed by atoms with Crippen LogP contribution in [0.15, 0.2) is 53.8 Å².